The first kappa shape index (κ1) is 16.9. The number of ether oxygens (including phenoxy) is 2. The fourth-order valence-electron chi connectivity index (χ4n) is 2.49. The Morgan fingerprint density at radius 3 is 2.48 bits per heavy atom. The van der Waals surface area contributed by atoms with Crippen molar-refractivity contribution < 1.29 is 14.3 Å². The van der Waals surface area contributed by atoms with Gasteiger partial charge in [-0.3, -0.25) is 4.79 Å². The van der Waals surface area contributed by atoms with Crippen LogP contribution in [0.25, 0.3) is 5.69 Å². The van der Waals surface area contributed by atoms with Gasteiger partial charge in [-0.2, -0.15) is 0 Å². The summed E-state index contributed by atoms with van der Waals surface area (Å²) in [6.45, 7) is 0. The number of aromatic nitrogens is 1. The second-order valence-electron chi connectivity index (χ2n) is 5.27. The van der Waals surface area contributed by atoms with Crippen LogP contribution < -0.4 is 14.8 Å². The molecular weight excluding hydrogens is 340 g/mol. The Morgan fingerprint density at radius 1 is 1.04 bits per heavy atom. The lowest BCUT2D eigenvalue weighted by Crippen LogP contribution is -2.14. The average Bonchev–Trinajstić information content (AvgIpc) is 3.17. The zero-order chi connectivity index (χ0) is 17.8. The van der Waals surface area contributed by atoms with Crippen LogP contribution >= 0.6 is 11.6 Å². The van der Waals surface area contributed by atoms with Crippen LogP contribution in [0.15, 0.2) is 60.9 Å². The number of carbonyl (C=O) groups is 1. The van der Waals surface area contributed by atoms with E-state index in [0.717, 1.165) is 5.69 Å². The van der Waals surface area contributed by atoms with Crippen LogP contribution in [0.4, 0.5) is 5.69 Å². The number of rotatable bonds is 5. The third-order valence-electron chi connectivity index (χ3n) is 3.74. The molecule has 2 aromatic carbocycles. The molecular formula is C19H17ClN2O3. The van der Waals surface area contributed by atoms with Gasteiger partial charge in [-0.1, -0.05) is 11.6 Å². The predicted molar refractivity (Wildman–Crippen MR) is 98.3 cm³/mol. The molecule has 0 fully saturated rings. The molecule has 3 aromatic rings. The Hall–Kier alpha value is -2.92. The van der Waals surface area contributed by atoms with Crippen LogP contribution in [0.3, 0.4) is 0 Å². The summed E-state index contributed by atoms with van der Waals surface area (Å²) in [7, 11) is 3.07. The molecule has 1 N–H and O–H groups in total. The zero-order valence-electron chi connectivity index (χ0n) is 13.8. The highest BCUT2D eigenvalue weighted by Gasteiger charge is 2.15. The standard InChI is InChI=1S/C19H17ClN2O3/c1-24-14-6-7-15(18(12-14)25-2)19(23)21-16-8-5-13(20)11-17(16)22-9-3-4-10-22/h3-12H,1-2H3,(H,21,23). The average molecular weight is 357 g/mol. The summed E-state index contributed by atoms with van der Waals surface area (Å²) in [4.78, 5) is 12.7. The number of nitrogens with one attached hydrogen (secondary N) is 1. The number of amides is 1. The smallest absolute Gasteiger partial charge is 0.259 e. The number of methoxy groups -OCH3 is 2. The second kappa shape index (κ2) is 7.32. The summed E-state index contributed by atoms with van der Waals surface area (Å²) in [6, 6.07) is 14.1. The summed E-state index contributed by atoms with van der Waals surface area (Å²) in [6.07, 6.45) is 3.77. The van der Waals surface area contributed by atoms with E-state index in [1.54, 1.807) is 43.5 Å². The summed E-state index contributed by atoms with van der Waals surface area (Å²) in [5, 5.41) is 3.50. The molecule has 0 radical (unpaired) electrons. The summed E-state index contributed by atoms with van der Waals surface area (Å²) in [5.41, 5.74) is 1.83. The van der Waals surface area contributed by atoms with E-state index in [4.69, 9.17) is 21.1 Å². The van der Waals surface area contributed by atoms with Gasteiger partial charge in [-0.15, -0.1) is 0 Å². The Bertz CT molecular complexity index is 892. The molecule has 0 aliphatic carbocycles. The van der Waals surface area contributed by atoms with E-state index >= 15 is 0 Å². The van der Waals surface area contributed by atoms with Gasteiger partial charge >= 0.3 is 0 Å². The fraction of sp³-hybridized carbons (Fsp3) is 0.105. The topological polar surface area (TPSA) is 52.5 Å². The van der Waals surface area contributed by atoms with Crippen molar-refractivity contribution in [2.75, 3.05) is 19.5 Å². The van der Waals surface area contributed by atoms with Gasteiger partial charge in [-0.25, -0.2) is 0 Å². The van der Waals surface area contributed by atoms with E-state index in [9.17, 15) is 4.79 Å². The van der Waals surface area contributed by atoms with Gasteiger partial charge in [0, 0.05) is 23.5 Å². The molecule has 0 saturated heterocycles. The normalized spacial score (nSPS) is 10.4. The van der Waals surface area contributed by atoms with Crippen molar-refractivity contribution >= 4 is 23.2 Å². The first-order chi connectivity index (χ1) is 12.1. The van der Waals surface area contributed by atoms with E-state index in [-0.39, 0.29) is 5.91 Å². The molecule has 5 nitrogen and oxygen atoms in total. The number of anilines is 1. The lowest BCUT2D eigenvalue weighted by atomic mass is 10.1. The monoisotopic (exact) mass is 356 g/mol. The first-order valence-corrected chi connectivity index (χ1v) is 7.96. The fourth-order valence-corrected chi connectivity index (χ4v) is 2.66. The molecule has 6 heteroatoms. The van der Waals surface area contributed by atoms with Gasteiger partial charge in [0.1, 0.15) is 11.5 Å². The van der Waals surface area contributed by atoms with Gasteiger partial charge in [0.15, 0.2) is 0 Å². The van der Waals surface area contributed by atoms with Crippen LogP contribution in [0.2, 0.25) is 5.02 Å². The van der Waals surface area contributed by atoms with Gasteiger partial charge in [0.2, 0.25) is 0 Å². The highest BCUT2D eigenvalue weighted by Crippen LogP contribution is 2.28. The largest absolute Gasteiger partial charge is 0.497 e. The van der Waals surface area contributed by atoms with E-state index in [1.807, 2.05) is 29.1 Å². The minimum absolute atomic E-state index is 0.282. The molecule has 128 valence electrons. The van der Waals surface area contributed by atoms with Crippen molar-refractivity contribution in [3.63, 3.8) is 0 Å². The molecule has 25 heavy (non-hydrogen) atoms. The Kier molecular flexibility index (Phi) is 4.95. The van der Waals surface area contributed by atoms with Crippen molar-refractivity contribution in [1.29, 1.82) is 0 Å². The maximum atomic E-state index is 12.7. The molecule has 1 aromatic heterocycles. The molecule has 0 atom stereocenters. The van der Waals surface area contributed by atoms with Crippen LogP contribution in [0.5, 0.6) is 11.5 Å². The molecule has 1 heterocycles. The van der Waals surface area contributed by atoms with Crippen molar-refractivity contribution in [3.8, 4) is 17.2 Å². The van der Waals surface area contributed by atoms with Gasteiger partial charge in [-0.05, 0) is 42.5 Å². The Labute approximate surface area is 150 Å². The zero-order valence-corrected chi connectivity index (χ0v) is 14.6. The molecule has 0 spiro atoms. The number of carbonyl (C=O) groups excluding carboxylic acids is 1. The summed E-state index contributed by atoms with van der Waals surface area (Å²) in [5.74, 6) is 0.775. The number of hydrogen-bond donors (Lipinski definition) is 1. The van der Waals surface area contributed by atoms with E-state index in [2.05, 4.69) is 5.32 Å². The number of nitrogens with zero attached hydrogens (tertiary/aromatic N) is 1. The maximum Gasteiger partial charge on any atom is 0.259 e. The van der Waals surface area contributed by atoms with Crippen molar-refractivity contribution in [3.05, 3.63) is 71.5 Å². The number of hydrogen-bond acceptors (Lipinski definition) is 3. The van der Waals surface area contributed by atoms with Crippen LogP contribution in [-0.4, -0.2) is 24.7 Å². The SMILES string of the molecule is COc1ccc(C(=O)Nc2ccc(Cl)cc2-n2cccc2)c(OC)c1. The molecule has 0 aliphatic heterocycles. The minimum atomic E-state index is -0.282. The lowest BCUT2D eigenvalue weighted by Gasteiger charge is -2.14. The van der Waals surface area contributed by atoms with E-state index in [0.29, 0.717) is 27.8 Å². The Morgan fingerprint density at radius 2 is 1.80 bits per heavy atom. The highest BCUT2D eigenvalue weighted by molar-refractivity contribution is 6.31. The number of halogens is 1. The predicted octanol–water partition coefficient (Wildman–Crippen LogP) is 4.40. The third-order valence-corrected chi connectivity index (χ3v) is 3.98. The minimum Gasteiger partial charge on any atom is -0.497 e. The summed E-state index contributed by atoms with van der Waals surface area (Å²) >= 11 is 6.11. The van der Waals surface area contributed by atoms with E-state index in [1.165, 1.54) is 7.11 Å². The summed E-state index contributed by atoms with van der Waals surface area (Å²) < 4.78 is 12.3. The van der Waals surface area contributed by atoms with Gasteiger partial charge < -0.3 is 19.4 Å². The van der Waals surface area contributed by atoms with Crippen molar-refractivity contribution in [2.45, 2.75) is 0 Å². The molecule has 0 aliphatic rings. The van der Waals surface area contributed by atoms with Crippen molar-refractivity contribution in [2.24, 2.45) is 0 Å². The maximum absolute atomic E-state index is 12.7. The molecule has 1 amide bonds. The van der Waals surface area contributed by atoms with Crippen LogP contribution in [-0.2, 0) is 0 Å². The number of benzene rings is 2. The van der Waals surface area contributed by atoms with Gasteiger partial charge in [0.25, 0.3) is 5.91 Å². The van der Waals surface area contributed by atoms with Gasteiger partial charge in [0.05, 0.1) is 31.2 Å². The molecule has 0 unspecified atom stereocenters. The highest BCUT2D eigenvalue weighted by atomic mass is 35.5. The molecule has 0 saturated carbocycles. The first-order valence-electron chi connectivity index (χ1n) is 7.58. The van der Waals surface area contributed by atoms with E-state index < -0.39 is 0 Å². The van der Waals surface area contributed by atoms with Crippen LogP contribution in [0.1, 0.15) is 10.4 Å². The Balaban J connectivity index is 1.94. The molecule has 0 bridgehead atoms. The molecule has 3 rings (SSSR count). The second-order valence-corrected chi connectivity index (χ2v) is 5.71. The lowest BCUT2D eigenvalue weighted by molar-refractivity contribution is 0.102. The third kappa shape index (κ3) is 3.61. The quantitative estimate of drug-likeness (QED) is 0.737. The van der Waals surface area contributed by atoms with Crippen LogP contribution in [0, 0.1) is 0 Å². The van der Waals surface area contributed by atoms with Crippen molar-refractivity contribution in [1.82, 2.24) is 4.57 Å².